The van der Waals surface area contributed by atoms with Crippen molar-refractivity contribution in [3.63, 3.8) is 0 Å². The zero-order valence-electron chi connectivity index (χ0n) is 10.3. The molecule has 0 saturated heterocycles. The van der Waals surface area contributed by atoms with Crippen LogP contribution in [-0.4, -0.2) is 32.0 Å². The fraction of sp³-hybridized carbons (Fsp3) is 0.538. The molecule has 1 aromatic rings. The third kappa shape index (κ3) is 2.70. The lowest BCUT2D eigenvalue weighted by atomic mass is 10.1. The second-order valence-electron chi connectivity index (χ2n) is 4.26. The van der Waals surface area contributed by atoms with E-state index in [1.165, 1.54) is 12.8 Å². The lowest BCUT2D eigenvalue weighted by Gasteiger charge is -2.20. The zero-order valence-corrected chi connectivity index (χ0v) is 10.3. The number of ether oxygens (including phenoxy) is 2. The number of aliphatic hydroxyl groups excluding tert-OH is 1. The molecule has 4 heteroatoms. The maximum atomic E-state index is 9.48. The highest BCUT2D eigenvalue weighted by molar-refractivity contribution is 5.48. The van der Waals surface area contributed by atoms with Crippen LogP contribution in [0.1, 0.15) is 24.4 Å². The Balaban J connectivity index is 2.27. The van der Waals surface area contributed by atoms with Gasteiger partial charge in [-0.05, 0) is 18.9 Å². The molecule has 4 nitrogen and oxygen atoms in total. The van der Waals surface area contributed by atoms with E-state index in [2.05, 4.69) is 5.32 Å². The fourth-order valence-electron chi connectivity index (χ4n) is 1.96. The molecule has 1 atom stereocenters. The van der Waals surface area contributed by atoms with Crippen LogP contribution >= 0.6 is 0 Å². The quantitative estimate of drug-likeness (QED) is 0.787. The third-order valence-corrected chi connectivity index (χ3v) is 3.01. The SMILES string of the molecule is COc1cccc(C(CO)NC2CC2)c1OC. The van der Waals surface area contributed by atoms with E-state index in [9.17, 15) is 5.11 Å². The molecule has 0 spiro atoms. The van der Waals surface area contributed by atoms with Crippen LogP contribution in [-0.2, 0) is 0 Å². The minimum absolute atomic E-state index is 0.0556. The number of hydrogen-bond acceptors (Lipinski definition) is 4. The highest BCUT2D eigenvalue weighted by atomic mass is 16.5. The first-order valence-corrected chi connectivity index (χ1v) is 5.88. The van der Waals surface area contributed by atoms with E-state index in [1.54, 1.807) is 14.2 Å². The molecule has 1 saturated carbocycles. The van der Waals surface area contributed by atoms with Crippen molar-refractivity contribution in [2.45, 2.75) is 24.9 Å². The summed E-state index contributed by atoms with van der Waals surface area (Å²) in [5.74, 6) is 1.39. The van der Waals surface area contributed by atoms with E-state index in [4.69, 9.17) is 9.47 Å². The molecular formula is C13H19NO3. The van der Waals surface area contributed by atoms with Crippen LogP contribution in [0.15, 0.2) is 18.2 Å². The Morgan fingerprint density at radius 2 is 2.12 bits per heavy atom. The molecule has 1 aliphatic rings. The summed E-state index contributed by atoms with van der Waals surface area (Å²) in [7, 11) is 3.23. The molecule has 1 aromatic carbocycles. The van der Waals surface area contributed by atoms with Crippen molar-refractivity contribution >= 4 is 0 Å². The number of hydrogen-bond donors (Lipinski definition) is 2. The van der Waals surface area contributed by atoms with Crippen LogP contribution in [0, 0.1) is 0 Å². The van der Waals surface area contributed by atoms with Gasteiger partial charge in [-0.25, -0.2) is 0 Å². The maximum absolute atomic E-state index is 9.48. The summed E-state index contributed by atoms with van der Waals surface area (Å²) in [6.45, 7) is 0.0556. The van der Waals surface area contributed by atoms with Crippen molar-refractivity contribution in [2.75, 3.05) is 20.8 Å². The lowest BCUT2D eigenvalue weighted by Crippen LogP contribution is -2.26. The number of aliphatic hydroxyl groups is 1. The zero-order chi connectivity index (χ0) is 12.3. The third-order valence-electron chi connectivity index (χ3n) is 3.01. The Kier molecular flexibility index (Phi) is 3.86. The van der Waals surface area contributed by atoms with Crippen molar-refractivity contribution in [3.8, 4) is 11.5 Å². The van der Waals surface area contributed by atoms with Gasteiger partial charge in [0.1, 0.15) is 0 Å². The van der Waals surface area contributed by atoms with Crippen LogP contribution in [0.4, 0.5) is 0 Å². The molecule has 0 aliphatic heterocycles. The maximum Gasteiger partial charge on any atom is 0.165 e. The summed E-state index contributed by atoms with van der Waals surface area (Å²) >= 11 is 0. The van der Waals surface area contributed by atoms with Crippen LogP contribution in [0.3, 0.4) is 0 Å². The number of para-hydroxylation sites is 1. The first kappa shape index (κ1) is 12.2. The molecule has 0 bridgehead atoms. The molecule has 2 rings (SSSR count). The van der Waals surface area contributed by atoms with Crippen LogP contribution < -0.4 is 14.8 Å². The minimum atomic E-state index is -0.0902. The monoisotopic (exact) mass is 237 g/mol. The van der Waals surface area contributed by atoms with Crippen LogP contribution in [0.25, 0.3) is 0 Å². The molecule has 1 fully saturated rings. The van der Waals surface area contributed by atoms with Gasteiger partial charge in [0.15, 0.2) is 11.5 Å². The Morgan fingerprint density at radius 1 is 1.35 bits per heavy atom. The molecular weight excluding hydrogens is 218 g/mol. The van der Waals surface area contributed by atoms with Gasteiger partial charge < -0.3 is 19.9 Å². The summed E-state index contributed by atoms with van der Waals surface area (Å²) in [5.41, 5.74) is 0.946. The number of nitrogens with one attached hydrogen (secondary N) is 1. The minimum Gasteiger partial charge on any atom is -0.493 e. The Labute approximate surface area is 102 Å². The van der Waals surface area contributed by atoms with Gasteiger partial charge in [-0.15, -0.1) is 0 Å². The lowest BCUT2D eigenvalue weighted by molar-refractivity contribution is 0.238. The van der Waals surface area contributed by atoms with Gasteiger partial charge in [-0.2, -0.15) is 0 Å². The van der Waals surface area contributed by atoms with Gasteiger partial charge >= 0.3 is 0 Å². The number of rotatable bonds is 6. The fourth-order valence-corrected chi connectivity index (χ4v) is 1.96. The van der Waals surface area contributed by atoms with Crippen molar-refractivity contribution < 1.29 is 14.6 Å². The predicted molar refractivity (Wildman–Crippen MR) is 65.5 cm³/mol. The van der Waals surface area contributed by atoms with Gasteiger partial charge in [-0.3, -0.25) is 0 Å². The van der Waals surface area contributed by atoms with Crippen molar-refractivity contribution in [1.82, 2.24) is 5.32 Å². The molecule has 1 aliphatic carbocycles. The summed E-state index contributed by atoms with van der Waals surface area (Å²) < 4.78 is 10.6. The summed E-state index contributed by atoms with van der Waals surface area (Å²) in [6, 6.07) is 6.16. The Morgan fingerprint density at radius 3 is 2.65 bits per heavy atom. The summed E-state index contributed by atoms with van der Waals surface area (Å²) in [4.78, 5) is 0. The van der Waals surface area contributed by atoms with Gasteiger partial charge in [-0.1, -0.05) is 12.1 Å². The molecule has 2 N–H and O–H groups in total. The van der Waals surface area contributed by atoms with E-state index in [1.807, 2.05) is 18.2 Å². The molecule has 94 valence electrons. The van der Waals surface area contributed by atoms with E-state index in [0.29, 0.717) is 17.5 Å². The topological polar surface area (TPSA) is 50.7 Å². The second kappa shape index (κ2) is 5.38. The first-order chi connectivity index (χ1) is 8.30. The van der Waals surface area contributed by atoms with Gasteiger partial charge in [0, 0.05) is 11.6 Å². The van der Waals surface area contributed by atoms with Crippen LogP contribution in [0.5, 0.6) is 11.5 Å². The van der Waals surface area contributed by atoms with E-state index >= 15 is 0 Å². The Hall–Kier alpha value is -1.26. The second-order valence-corrected chi connectivity index (χ2v) is 4.26. The average molecular weight is 237 g/mol. The van der Waals surface area contributed by atoms with E-state index in [-0.39, 0.29) is 12.6 Å². The molecule has 0 aromatic heterocycles. The highest BCUT2D eigenvalue weighted by Crippen LogP contribution is 2.35. The van der Waals surface area contributed by atoms with E-state index < -0.39 is 0 Å². The standard InChI is InChI=1S/C13H19NO3/c1-16-12-5-3-4-10(13(12)17-2)11(8-15)14-9-6-7-9/h3-5,9,11,14-15H,6-8H2,1-2H3. The van der Waals surface area contributed by atoms with Crippen molar-refractivity contribution in [3.05, 3.63) is 23.8 Å². The van der Waals surface area contributed by atoms with E-state index in [0.717, 1.165) is 5.56 Å². The average Bonchev–Trinajstić information content (AvgIpc) is 3.18. The van der Waals surface area contributed by atoms with Gasteiger partial charge in [0.05, 0.1) is 26.9 Å². The Bertz CT molecular complexity index is 377. The molecule has 17 heavy (non-hydrogen) atoms. The van der Waals surface area contributed by atoms with Crippen molar-refractivity contribution in [1.29, 1.82) is 0 Å². The van der Waals surface area contributed by atoms with Gasteiger partial charge in [0.25, 0.3) is 0 Å². The molecule has 1 unspecified atom stereocenters. The highest BCUT2D eigenvalue weighted by Gasteiger charge is 2.27. The molecule has 0 radical (unpaired) electrons. The van der Waals surface area contributed by atoms with Crippen LogP contribution in [0.2, 0.25) is 0 Å². The summed E-state index contributed by atoms with van der Waals surface area (Å²) in [6.07, 6.45) is 2.37. The first-order valence-electron chi connectivity index (χ1n) is 5.88. The number of benzene rings is 1. The normalized spacial score (nSPS) is 16.6. The summed E-state index contributed by atoms with van der Waals surface area (Å²) in [5, 5.41) is 12.9. The van der Waals surface area contributed by atoms with Gasteiger partial charge in [0.2, 0.25) is 0 Å². The predicted octanol–water partition coefficient (Wildman–Crippen LogP) is 1.49. The number of methoxy groups -OCH3 is 2. The van der Waals surface area contributed by atoms with Crippen molar-refractivity contribution in [2.24, 2.45) is 0 Å². The molecule has 0 amide bonds. The smallest absolute Gasteiger partial charge is 0.165 e. The largest absolute Gasteiger partial charge is 0.493 e. The molecule has 0 heterocycles.